The number of halogens is 3. The highest BCUT2D eigenvalue weighted by Crippen LogP contribution is 2.34. The Balaban J connectivity index is 1.38. The second-order valence-electron chi connectivity index (χ2n) is 7.59. The smallest absolute Gasteiger partial charge is 0.421 e. The van der Waals surface area contributed by atoms with Crippen molar-refractivity contribution in [2.24, 2.45) is 4.99 Å². The van der Waals surface area contributed by atoms with Crippen LogP contribution in [-0.2, 0) is 6.18 Å². The van der Waals surface area contributed by atoms with E-state index in [2.05, 4.69) is 25.5 Å². The van der Waals surface area contributed by atoms with Crippen LogP contribution in [0.5, 0.6) is 5.88 Å². The molecular weight excluding hydrogens is 383 g/mol. The number of hydrogen-bond acceptors (Lipinski definition) is 4. The molecule has 0 spiro atoms. The third kappa shape index (κ3) is 6.22. The summed E-state index contributed by atoms with van der Waals surface area (Å²) in [5.41, 5.74) is -0.864. The Morgan fingerprint density at radius 2 is 1.97 bits per heavy atom. The highest BCUT2D eigenvalue weighted by Gasteiger charge is 2.35. The molecule has 1 aromatic rings. The summed E-state index contributed by atoms with van der Waals surface area (Å²) in [6.45, 7) is 2.58. The maximum atomic E-state index is 13.0. The van der Waals surface area contributed by atoms with E-state index in [0.29, 0.717) is 18.5 Å². The first-order chi connectivity index (χ1) is 14.0. The minimum atomic E-state index is -4.48. The summed E-state index contributed by atoms with van der Waals surface area (Å²) >= 11 is 0. The molecule has 1 saturated carbocycles. The first kappa shape index (κ1) is 21.7. The van der Waals surface area contributed by atoms with Gasteiger partial charge < -0.3 is 20.3 Å². The summed E-state index contributed by atoms with van der Waals surface area (Å²) in [5.74, 6) is 0.244. The van der Waals surface area contributed by atoms with Crippen LogP contribution in [0.3, 0.4) is 0 Å². The Labute approximate surface area is 169 Å². The highest BCUT2D eigenvalue weighted by atomic mass is 19.4. The topological polar surface area (TPSA) is 61.8 Å². The summed E-state index contributed by atoms with van der Waals surface area (Å²) in [5, 5.41) is 6.51. The molecule has 0 bridgehead atoms. The number of hydrogen-bond donors (Lipinski definition) is 2. The fourth-order valence-electron chi connectivity index (χ4n) is 4.11. The van der Waals surface area contributed by atoms with E-state index < -0.39 is 17.6 Å². The fourth-order valence-corrected chi connectivity index (χ4v) is 4.11. The predicted molar refractivity (Wildman–Crippen MR) is 106 cm³/mol. The Bertz CT molecular complexity index is 668. The zero-order valence-electron chi connectivity index (χ0n) is 16.8. The Kier molecular flexibility index (Phi) is 7.57. The molecule has 2 aliphatic rings. The standard InChI is InChI=1S/C20H30F3N5O/c1-24-19(27-15-8-12-28(13-9-15)16-5-2-3-6-16)26-11-14-29-18-17(20(21,22)23)7-4-10-25-18/h4,7,10,15-16H,2-3,5-6,8-9,11-14H2,1H3,(H2,24,26,27). The van der Waals surface area contributed by atoms with Crippen LogP contribution in [0.1, 0.15) is 44.1 Å². The number of nitrogens with zero attached hydrogens (tertiary/aromatic N) is 3. The molecule has 9 heteroatoms. The van der Waals surface area contributed by atoms with Crippen molar-refractivity contribution < 1.29 is 17.9 Å². The van der Waals surface area contributed by atoms with Crippen LogP contribution in [-0.4, -0.2) is 61.2 Å². The van der Waals surface area contributed by atoms with Gasteiger partial charge in [0.25, 0.3) is 0 Å². The maximum Gasteiger partial charge on any atom is 0.421 e. The zero-order valence-corrected chi connectivity index (χ0v) is 16.8. The zero-order chi connectivity index (χ0) is 20.7. The lowest BCUT2D eigenvalue weighted by Crippen LogP contribution is -2.50. The number of piperidine rings is 1. The normalized spacial score (nSPS) is 20.1. The SMILES string of the molecule is CN=C(NCCOc1ncccc1C(F)(F)F)NC1CCN(C2CCCC2)CC1. The molecule has 0 aromatic carbocycles. The first-order valence-electron chi connectivity index (χ1n) is 10.3. The molecule has 3 rings (SSSR count). The molecule has 2 N–H and O–H groups in total. The minimum absolute atomic E-state index is 0.0565. The molecule has 0 unspecified atom stereocenters. The number of pyridine rings is 1. The van der Waals surface area contributed by atoms with E-state index in [1.807, 2.05) is 0 Å². The summed E-state index contributed by atoms with van der Waals surface area (Å²) in [6.07, 6.45) is 4.29. The van der Waals surface area contributed by atoms with Gasteiger partial charge in [-0.25, -0.2) is 4.98 Å². The number of aromatic nitrogens is 1. The van der Waals surface area contributed by atoms with Crippen molar-refractivity contribution in [2.75, 3.05) is 33.3 Å². The molecule has 162 valence electrons. The number of ether oxygens (including phenoxy) is 1. The van der Waals surface area contributed by atoms with Gasteiger partial charge in [0.15, 0.2) is 5.96 Å². The summed E-state index contributed by atoms with van der Waals surface area (Å²) in [4.78, 5) is 10.5. The van der Waals surface area contributed by atoms with Crippen molar-refractivity contribution in [3.63, 3.8) is 0 Å². The van der Waals surface area contributed by atoms with Crippen molar-refractivity contribution in [2.45, 2.75) is 56.8 Å². The number of guanidine groups is 1. The lowest BCUT2D eigenvalue weighted by atomic mass is 10.0. The first-order valence-corrected chi connectivity index (χ1v) is 10.3. The largest absolute Gasteiger partial charge is 0.475 e. The van der Waals surface area contributed by atoms with Crippen LogP contribution >= 0.6 is 0 Å². The van der Waals surface area contributed by atoms with Gasteiger partial charge >= 0.3 is 6.18 Å². The lowest BCUT2D eigenvalue weighted by Gasteiger charge is -2.36. The molecule has 29 heavy (non-hydrogen) atoms. The molecule has 1 saturated heterocycles. The third-order valence-electron chi connectivity index (χ3n) is 5.64. The number of aliphatic imine (C=N–C) groups is 1. The minimum Gasteiger partial charge on any atom is -0.475 e. The van der Waals surface area contributed by atoms with Crippen LogP contribution in [0.25, 0.3) is 0 Å². The van der Waals surface area contributed by atoms with Crippen molar-refractivity contribution in [1.82, 2.24) is 20.5 Å². The average Bonchev–Trinajstić information content (AvgIpc) is 3.25. The van der Waals surface area contributed by atoms with Gasteiger partial charge in [0.1, 0.15) is 12.2 Å². The molecule has 1 aromatic heterocycles. The molecular formula is C20H30F3N5O. The van der Waals surface area contributed by atoms with E-state index in [9.17, 15) is 13.2 Å². The van der Waals surface area contributed by atoms with Gasteiger partial charge in [-0.05, 0) is 37.8 Å². The molecule has 0 atom stereocenters. The molecule has 0 amide bonds. The molecule has 0 radical (unpaired) electrons. The van der Waals surface area contributed by atoms with Gasteiger partial charge in [-0.2, -0.15) is 13.2 Å². The van der Waals surface area contributed by atoms with E-state index in [0.717, 1.165) is 38.0 Å². The van der Waals surface area contributed by atoms with E-state index in [4.69, 9.17) is 4.74 Å². The number of alkyl halides is 3. The van der Waals surface area contributed by atoms with Crippen LogP contribution in [0.4, 0.5) is 13.2 Å². The van der Waals surface area contributed by atoms with Crippen LogP contribution in [0.15, 0.2) is 23.3 Å². The number of likely N-dealkylation sites (tertiary alicyclic amines) is 1. The molecule has 6 nitrogen and oxygen atoms in total. The molecule has 1 aliphatic carbocycles. The van der Waals surface area contributed by atoms with Gasteiger partial charge in [0.2, 0.25) is 5.88 Å². The quantitative estimate of drug-likeness (QED) is 0.426. The number of nitrogens with one attached hydrogen (secondary N) is 2. The van der Waals surface area contributed by atoms with E-state index >= 15 is 0 Å². The van der Waals surface area contributed by atoms with Gasteiger partial charge in [0.05, 0.1) is 6.54 Å². The lowest BCUT2D eigenvalue weighted by molar-refractivity contribution is -0.139. The van der Waals surface area contributed by atoms with Crippen molar-refractivity contribution in [3.05, 3.63) is 23.9 Å². The molecule has 2 fully saturated rings. The number of rotatable bonds is 6. The van der Waals surface area contributed by atoms with Crippen molar-refractivity contribution in [1.29, 1.82) is 0 Å². The fraction of sp³-hybridized carbons (Fsp3) is 0.700. The Morgan fingerprint density at radius 3 is 2.62 bits per heavy atom. The Hall–Kier alpha value is -2.03. The van der Waals surface area contributed by atoms with Crippen LogP contribution < -0.4 is 15.4 Å². The van der Waals surface area contributed by atoms with Crippen LogP contribution in [0, 0.1) is 0 Å². The Morgan fingerprint density at radius 1 is 1.24 bits per heavy atom. The molecule has 1 aliphatic heterocycles. The van der Waals surface area contributed by atoms with E-state index in [-0.39, 0.29) is 6.61 Å². The predicted octanol–water partition coefficient (Wildman–Crippen LogP) is 3.05. The van der Waals surface area contributed by atoms with Gasteiger partial charge in [-0.15, -0.1) is 0 Å². The van der Waals surface area contributed by atoms with Gasteiger partial charge in [0, 0.05) is 38.4 Å². The van der Waals surface area contributed by atoms with Gasteiger partial charge in [-0.3, -0.25) is 4.99 Å². The third-order valence-corrected chi connectivity index (χ3v) is 5.64. The van der Waals surface area contributed by atoms with Crippen LogP contribution in [0.2, 0.25) is 0 Å². The second-order valence-corrected chi connectivity index (χ2v) is 7.59. The molecule has 2 heterocycles. The maximum absolute atomic E-state index is 13.0. The second kappa shape index (κ2) is 10.1. The average molecular weight is 413 g/mol. The van der Waals surface area contributed by atoms with Crippen molar-refractivity contribution >= 4 is 5.96 Å². The van der Waals surface area contributed by atoms with Crippen molar-refractivity contribution in [3.8, 4) is 5.88 Å². The summed E-state index contributed by atoms with van der Waals surface area (Å²) in [6, 6.07) is 3.33. The summed E-state index contributed by atoms with van der Waals surface area (Å²) in [7, 11) is 1.68. The monoisotopic (exact) mass is 413 g/mol. The summed E-state index contributed by atoms with van der Waals surface area (Å²) < 4.78 is 44.1. The highest BCUT2D eigenvalue weighted by molar-refractivity contribution is 5.79. The van der Waals surface area contributed by atoms with E-state index in [1.165, 1.54) is 37.9 Å². The van der Waals surface area contributed by atoms with E-state index in [1.54, 1.807) is 7.05 Å². The van der Waals surface area contributed by atoms with Gasteiger partial charge in [-0.1, -0.05) is 12.8 Å².